The fourth-order valence-corrected chi connectivity index (χ4v) is 4.18. The summed E-state index contributed by atoms with van der Waals surface area (Å²) in [6, 6.07) is 23.4. The monoisotopic (exact) mass is 510 g/mol. The van der Waals surface area contributed by atoms with E-state index in [-0.39, 0.29) is 37.2 Å². The van der Waals surface area contributed by atoms with E-state index in [2.05, 4.69) is 40.5 Å². The normalized spacial score (nSPS) is 14.2. The van der Waals surface area contributed by atoms with Gasteiger partial charge >= 0.3 is 0 Å². The summed E-state index contributed by atoms with van der Waals surface area (Å²) in [5.41, 5.74) is 2.90. The van der Waals surface area contributed by atoms with Crippen LogP contribution in [0.1, 0.15) is 29.5 Å². The first kappa shape index (κ1) is 27.4. The van der Waals surface area contributed by atoms with Gasteiger partial charge in [0, 0.05) is 35.3 Å². The molecule has 0 unspecified atom stereocenters. The molecule has 3 aromatic rings. The average Bonchev–Trinajstić information content (AvgIpc) is 2.80. The van der Waals surface area contributed by atoms with Crippen LogP contribution in [0.15, 0.2) is 72.8 Å². The topological polar surface area (TPSA) is 24.5 Å². The van der Waals surface area contributed by atoms with Crippen LogP contribution in [0.5, 0.6) is 5.75 Å². The van der Waals surface area contributed by atoms with Crippen molar-refractivity contribution >= 4 is 36.4 Å². The summed E-state index contributed by atoms with van der Waals surface area (Å²) in [5, 5.41) is 4.33. The molecule has 7 heteroatoms. The molecule has 1 fully saturated rings. The lowest BCUT2D eigenvalue weighted by molar-refractivity contribution is 0.189. The summed E-state index contributed by atoms with van der Waals surface area (Å²) in [5.74, 6) is 0.486. The molecule has 1 aliphatic heterocycles. The predicted molar refractivity (Wildman–Crippen MR) is 138 cm³/mol. The highest BCUT2D eigenvalue weighted by molar-refractivity contribution is 6.30. The van der Waals surface area contributed by atoms with Crippen molar-refractivity contribution < 1.29 is 9.13 Å². The lowest BCUT2D eigenvalue weighted by atomic mass is 10.0. The van der Waals surface area contributed by atoms with Crippen molar-refractivity contribution in [3.8, 4) is 5.75 Å². The average molecular weight is 512 g/mol. The van der Waals surface area contributed by atoms with Gasteiger partial charge in [-0.2, -0.15) is 0 Å². The van der Waals surface area contributed by atoms with E-state index in [1.54, 1.807) is 12.1 Å². The lowest BCUT2D eigenvalue weighted by Crippen LogP contribution is -2.41. The number of likely N-dealkylation sites (tertiary alicyclic amines) is 1. The van der Waals surface area contributed by atoms with E-state index in [1.165, 1.54) is 11.6 Å². The lowest BCUT2D eigenvalue weighted by Gasteiger charge is -2.32. The standard InChI is InChI=1S/C26H28ClFN2O.2ClH/c27-23-10-11-26(31-19-21-8-4-5-9-25(21)28)22(16-23)17-29-24-12-14-30(15-13-24)18-20-6-2-1-3-7-20;;/h1-11,16,24,29H,12-15,17-19H2;2*1H. The third kappa shape index (κ3) is 8.16. The predicted octanol–water partition coefficient (Wildman–Crippen LogP) is 6.66. The van der Waals surface area contributed by atoms with Crippen LogP contribution in [0.3, 0.4) is 0 Å². The second-order valence-corrected chi connectivity index (χ2v) is 8.49. The van der Waals surface area contributed by atoms with Crippen molar-refractivity contribution in [2.24, 2.45) is 0 Å². The Bertz CT molecular complexity index is 982. The zero-order chi connectivity index (χ0) is 21.5. The Kier molecular flexibility index (Phi) is 11.5. The third-order valence-electron chi connectivity index (χ3n) is 5.78. The van der Waals surface area contributed by atoms with Crippen LogP contribution in [0.25, 0.3) is 0 Å². The molecule has 1 saturated heterocycles. The van der Waals surface area contributed by atoms with Crippen LogP contribution in [0.2, 0.25) is 5.02 Å². The fourth-order valence-electron chi connectivity index (χ4n) is 3.99. The molecule has 0 spiro atoms. The summed E-state index contributed by atoms with van der Waals surface area (Å²) in [6.07, 6.45) is 2.22. The van der Waals surface area contributed by atoms with Gasteiger partial charge in [0.25, 0.3) is 0 Å². The van der Waals surface area contributed by atoms with Crippen LogP contribution in [0, 0.1) is 5.82 Å². The van der Waals surface area contributed by atoms with Crippen molar-refractivity contribution in [2.75, 3.05) is 13.1 Å². The molecule has 1 aliphatic rings. The first-order valence-electron chi connectivity index (χ1n) is 10.8. The first-order chi connectivity index (χ1) is 15.2. The van der Waals surface area contributed by atoms with Gasteiger partial charge in [0.2, 0.25) is 0 Å². The number of ether oxygens (including phenoxy) is 1. The molecule has 33 heavy (non-hydrogen) atoms. The quantitative estimate of drug-likeness (QED) is 0.366. The van der Waals surface area contributed by atoms with Crippen LogP contribution >= 0.6 is 36.4 Å². The number of nitrogens with one attached hydrogen (secondary N) is 1. The van der Waals surface area contributed by atoms with E-state index in [1.807, 2.05) is 24.3 Å². The highest BCUT2D eigenvalue weighted by Crippen LogP contribution is 2.25. The molecule has 0 aliphatic carbocycles. The van der Waals surface area contributed by atoms with Crippen LogP contribution < -0.4 is 10.1 Å². The Labute approximate surface area is 213 Å². The van der Waals surface area contributed by atoms with Crippen LogP contribution in [-0.2, 0) is 19.7 Å². The number of nitrogens with zero attached hydrogens (tertiary/aromatic N) is 1. The number of benzene rings is 3. The zero-order valence-electron chi connectivity index (χ0n) is 18.4. The van der Waals surface area contributed by atoms with Gasteiger partial charge in [-0.3, -0.25) is 4.90 Å². The van der Waals surface area contributed by atoms with Gasteiger partial charge in [-0.05, 0) is 55.8 Å². The van der Waals surface area contributed by atoms with Crippen molar-refractivity contribution in [2.45, 2.75) is 38.6 Å². The third-order valence-corrected chi connectivity index (χ3v) is 6.02. The molecule has 0 bridgehead atoms. The van der Waals surface area contributed by atoms with Crippen LogP contribution in [-0.4, -0.2) is 24.0 Å². The Morgan fingerprint density at radius 3 is 2.33 bits per heavy atom. The Balaban J connectivity index is 0.00000193. The highest BCUT2D eigenvalue weighted by atomic mass is 35.5. The molecular formula is C26H30Cl3FN2O. The van der Waals surface area contributed by atoms with Gasteiger partial charge in [-0.15, -0.1) is 24.8 Å². The molecule has 1 N–H and O–H groups in total. The Hall–Kier alpha value is -1.82. The molecule has 178 valence electrons. The molecule has 0 radical (unpaired) electrons. The maximum Gasteiger partial charge on any atom is 0.129 e. The molecule has 1 heterocycles. The molecule has 3 aromatic carbocycles. The number of piperidine rings is 1. The minimum absolute atomic E-state index is 0. The number of halogens is 4. The van der Waals surface area contributed by atoms with Gasteiger partial charge in [0.05, 0.1) is 0 Å². The largest absolute Gasteiger partial charge is 0.488 e. The van der Waals surface area contributed by atoms with Crippen molar-refractivity contribution in [3.05, 3.63) is 100 Å². The minimum Gasteiger partial charge on any atom is -0.488 e. The second kappa shape index (κ2) is 13.8. The molecule has 0 amide bonds. The molecule has 3 nitrogen and oxygen atoms in total. The first-order valence-corrected chi connectivity index (χ1v) is 11.2. The highest BCUT2D eigenvalue weighted by Gasteiger charge is 2.19. The summed E-state index contributed by atoms with van der Waals surface area (Å²) in [4.78, 5) is 2.51. The van der Waals surface area contributed by atoms with Gasteiger partial charge in [-0.1, -0.05) is 60.1 Å². The minimum atomic E-state index is -0.251. The van der Waals surface area contributed by atoms with E-state index in [0.717, 1.165) is 43.8 Å². The SMILES string of the molecule is Cl.Cl.Fc1ccccc1COc1ccc(Cl)cc1CNC1CCN(Cc2ccccc2)CC1. The van der Waals surface area contributed by atoms with E-state index < -0.39 is 0 Å². The van der Waals surface area contributed by atoms with Crippen molar-refractivity contribution in [1.29, 1.82) is 0 Å². The van der Waals surface area contributed by atoms with Gasteiger partial charge in [0.1, 0.15) is 18.2 Å². The van der Waals surface area contributed by atoms with Gasteiger partial charge < -0.3 is 10.1 Å². The molecule has 0 saturated carbocycles. The number of hydrogen-bond acceptors (Lipinski definition) is 3. The Morgan fingerprint density at radius 1 is 0.909 bits per heavy atom. The molecule has 0 atom stereocenters. The fraction of sp³-hybridized carbons (Fsp3) is 0.308. The Morgan fingerprint density at radius 2 is 1.61 bits per heavy atom. The second-order valence-electron chi connectivity index (χ2n) is 8.05. The van der Waals surface area contributed by atoms with Gasteiger partial charge in [0.15, 0.2) is 0 Å². The smallest absolute Gasteiger partial charge is 0.129 e. The summed E-state index contributed by atoms with van der Waals surface area (Å²) in [7, 11) is 0. The van der Waals surface area contributed by atoms with E-state index in [9.17, 15) is 4.39 Å². The number of hydrogen-bond donors (Lipinski definition) is 1. The van der Waals surface area contributed by atoms with Crippen LogP contribution in [0.4, 0.5) is 4.39 Å². The number of rotatable bonds is 8. The van der Waals surface area contributed by atoms with Crippen molar-refractivity contribution in [3.63, 3.8) is 0 Å². The molecule has 4 rings (SSSR count). The van der Waals surface area contributed by atoms with E-state index in [0.29, 0.717) is 23.2 Å². The van der Waals surface area contributed by atoms with E-state index >= 15 is 0 Å². The van der Waals surface area contributed by atoms with Crippen molar-refractivity contribution in [1.82, 2.24) is 10.2 Å². The molecule has 0 aromatic heterocycles. The maximum atomic E-state index is 13.9. The summed E-state index contributed by atoms with van der Waals surface area (Å²) < 4.78 is 19.8. The zero-order valence-corrected chi connectivity index (χ0v) is 20.8. The maximum absolute atomic E-state index is 13.9. The summed E-state index contributed by atoms with van der Waals surface area (Å²) in [6.45, 7) is 4.04. The van der Waals surface area contributed by atoms with Gasteiger partial charge in [-0.25, -0.2) is 4.39 Å². The van der Waals surface area contributed by atoms with E-state index in [4.69, 9.17) is 16.3 Å². The summed E-state index contributed by atoms with van der Waals surface area (Å²) >= 11 is 6.23. The molecular weight excluding hydrogens is 482 g/mol.